The Bertz CT molecular complexity index is 656. The van der Waals surface area contributed by atoms with E-state index in [0.717, 1.165) is 5.56 Å². The predicted octanol–water partition coefficient (Wildman–Crippen LogP) is 1.03. The van der Waals surface area contributed by atoms with Crippen molar-refractivity contribution in [2.75, 3.05) is 0 Å². The molecule has 1 atom stereocenters. The molecule has 2 aromatic rings. The van der Waals surface area contributed by atoms with E-state index in [1.165, 1.54) is 10.9 Å². The third-order valence-corrected chi connectivity index (χ3v) is 2.51. The average Bonchev–Trinajstić information content (AvgIpc) is 2.81. The molecule has 0 radical (unpaired) electrons. The van der Waals surface area contributed by atoms with E-state index >= 15 is 0 Å². The van der Waals surface area contributed by atoms with Gasteiger partial charge in [-0.3, -0.25) is 4.57 Å². The molecular weight excluding hydrogens is 228 g/mol. The number of pyridine rings is 1. The molecule has 18 heavy (non-hydrogen) atoms. The Balaban J connectivity index is 2.68. The smallest absolute Gasteiger partial charge is 0.177 e. The van der Waals surface area contributed by atoms with E-state index in [1.807, 2.05) is 25.1 Å². The highest BCUT2D eigenvalue weighted by atomic mass is 15.1. The minimum absolute atomic E-state index is 0.0822. The molecule has 2 aromatic heterocycles. The molecule has 0 saturated heterocycles. The minimum Gasteiger partial charge on any atom is -0.324 e. The molecular formula is C12H10N6. The fourth-order valence-electron chi connectivity index (χ4n) is 1.66. The van der Waals surface area contributed by atoms with E-state index in [1.54, 1.807) is 12.3 Å². The highest BCUT2D eigenvalue weighted by Crippen LogP contribution is 2.20. The lowest BCUT2D eigenvalue weighted by Crippen LogP contribution is -2.11. The van der Waals surface area contributed by atoms with Gasteiger partial charge in [-0.05, 0) is 13.0 Å². The minimum atomic E-state index is -0.229. The van der Waals surface area contributed by atoms with Gasteiger partial charge < -0.3 is 5.73 Å². The first-order valence-electron chi connectivity index (χ1n) is 5.27. The maximum absolute atomic E-state index is 9.09. The lowest BCUT2D eigenvalue weighted by molar-refractivity contribution is 0.789. The first kappa shape index (κ1) is 11.8. The van der Waals surface area contributed by atoms with E-state index in [-0.39, 0.29) is 17.4 Å². The Hall–Kier alpha value is -2.70. The lowest BCUT2D eigenvalue weighted by atomic mass is 10.1. The number of nitrogens with zero attached hydrogens (tertiary/aromatic N) is 5. The molecule has 6 heteroatoms. The summed E-state index contributed by atoms with van der Waals surface area (Å²) in [4.78, 5) is 8.09. The van der Waals surface area contributed by atoms with Gasteiger partial charge in [-0.1, -0.05) is 6.07 Å². The molecule has 0 saturated carbocycles. The average molecular weight is 238 g/mol. The lowest BCUT2D eigenvalue weighted by Gasteiger charge is -2.12. The molecule has 0 spiro atoms. The molecule has 88 valence electrons. The molecule has 2 heterocycles. The Kier molecular flexibility index (Phi) is 3.05. The first-order valence-corrected chi connectivity index (χ1v) is 5.27. The summed E-state index contributed by atoms with van der Waals surface area (Å²) >= 11 is 0. The van der Waals surface area contributed by atoms with E-state index in [2.05, 4.69) is 9.97 Å². The molecule has 0 unspecified atom stereocenters. The number of nitriles is 2. The van der Waals surface area contributed by atoms with Crippen LogP contribution in [0, 0.1) is 22.7 Å². The van der Waals surface area contributed by atoms with Crippen molar-refractivity contribution in [3.8, 4) is 18.0 Å². The van der Waals surface area contributed by atoms with Gasteiger partial charge >= 0.3 is 0 Å². The summed E-state index contributed by atoms with van der Waals surface area (Å²) in [6.07, 6.45) is 3.01. The van der Waals surface area contributed by atoms with Crippen molar-refractivity contribution >= 4 is 0 Å². The molecule has 0 amide bonds. The molecule has 0 aliphatic rings. The molecule has 0 aliphatic carbocycles. The fraction of sp³-hybridized carbons (Fsp3) is 0.167. The zero-order valence-corrected chi connectivity index (χ0v) is 9.70. The van der Waals surface area contributed by atoms with Gasteiger partial charge in [0.25, 0.3) is 0 Å². The monoisotopic (exact) mass is 238 g/mol. The zero-order chi connectivity index (χ0) is 13.1. The van der Waals surface area contributed by atoms with Crippen LogP contribution in [0.4, 0.5) is 0 Å². The van der Waals surface area contributed by atoms with Crippen LogP contribution in [-0.4, -0.2) is 14.5 Å². The quantitative estimate of drug-likeness (QED) is 0.841. The summed E-state index contributed by atoms with van der Waals surface area (Å²) in [6.45, 7) is 1.83. The molecule has 0 aliphatic heterocycles. The number of rotatable bonds is 2. The van der Waals surface area contributed by atoms with Crippen LogP contribution in [0.1, 0.15) is 29.9 Å². The highest BCUT2D eigenvalue weighted by molar-refractivity contribution is 5.45. The van der Waals surface area contributed by atoms with Crippen molar-refractivity contribution in [3.05, 3.63) is 41.6 Å². The second-order valence-corrected chi connectivity index (χ2v) is 3.74. The van der Waals surface area contributed by atoms with E-state index < -0.39 is 0 Å². The van der Waals surface area contributed by atoms with Gasteiger partial charge in [0.1, 0.15) is 24.3 Å². The predicted molar refractivity (Wildman–Crippen MR) is 63.4 cm³/mol. The van der Waals surface area contributed by atoms with Crippen LogP contribution in [-0.2, 0) is 0 Å². The Labute approximate surface area is 104 Å². The van der Waals surface area contributed by atoms with Crippen LogP contribution >= 0.6 is 0 Å². The second-order valence-electron chi connectivity index (χ2n) is 3.74. The van der Waals surface area contributed by atoms with Crippen molar-refractivity contribution < 1.29 is 0 Å². The van der Waals surface area contributed by atoms with Gasteiger partial charge in [0.2, 0.25) is 0 Å². The number of aromatic nitrogens is 3. The SMILES string of the molecule is C[C@H](N)c1cccnc1-n1cnc(C#N)c1C#N. The summed E-state index contributed by atoms with van der Waals surface area (Å²) in [5, 5.41) is 18.0. The number of imidazole rings is 1. The van der Waals surface area contributed by atoms with Gasteiger partial charge in [-0.25, -0.2) is 9.97 Å². The zero-order valence-electron chi connectivity index (χ0n) is 9.70. The number of nitrogens with two attached hydrogens (primary N) is 1. The first-order chi connectivity index (χ1) is 8.69. The summed E-state index contributed by atoms with van der Waals surface area (Å²) in [5.41, 5.74) is 6.90. The van der Waals surface area contributed by atoms with Crippen LogP contribution in [0.3, 0.4) is 0 Å². The maximum atomic E-state index is 9.09. The molecule has 6 nitrogen and oxygen atoms in total. The summed E-state index contributed by atoms with van der Waals surface area (Å²) in [5.74, 6) is 0.526. The molecule has 0 bridgehead atoms. The summed E-state index contributed by atoms with van der Waals surface area (Å²) < 4.78 is 1.48. The Morgan fingerprint density at radius 2 is 2.11 bits per heavy atom. The standard InChI is InChI=1S/C12H10N6/c1-8(15)9-3-2-4-16-12(9)18-7-17-10(5-13)11(18)6-14/h2-4,7-8H,15H2,1H3/t8-/m0/s1. The largest absolute Gasteiger partial charge is 0.324 e. The number of hydrogen-bond acceptors (Lipinski definition) is 5. The van der Waals surface area contributed by atoms with Crippen LogP contribution < -0.4 is 5.73 Å². The van der Waals surface area contributed by atoms with Crippen molar-refractivity contribution in [1.29, 1.82) is 10.5 Å². The van der Waals surface area contributed by atoms with Crippen molar-refractivity contribution in [2.24, 2.45) is 5.73 Å². The van der Waals surface area contributed by atoms with Gasteiger partial charge in [-0.2, -0.15) is 10.5 Å². The normalized spacial score (nSPS) is 11.6. The van der Waals surface area contributed by atoms with Crippen molar-refractivity contribution in [2.45, 2.75) is 13.0 Å². The molecule has 2 rings (SSSR count). The van der Waals surface area contributed by atoms with Crippen molar-refractivity contribution in [3.63, 3.8) is 0 Å². The second kappa shape index (κ2) is 4.66. The van der Waals surface area contributed by atoms with E-state index in [9.17, 15) is 0 Å². The van der Waals surface area contributed by atoms with Crippen LogP contribution in [0.15, 0.2) is 24.7 Å². The third-order valence-electron chi connectivity index (χ3n) is 2.51. The topological polar surface area (TPSA) is 104 Å². The van der Waals surface area contributed by atoms with E-state index in [4.69, 9.17) is 16.3 Å². The molecule has 2 N–H and O–H groups in total. The Morgan fingerprint density at radius 3 is 2.72 bits per heavy atom. The van der Waals surface area contributed by atoms with Crippen molar-refractivity contribution in [1.82, 2.24) is 14.5 Å². The van der Waals surface area contributed by atoms with Crippen LogP contribution in [0.25, 0.3) is 5.82 Å². The molecule has 0 aromatic carbocycles. The highest BCUT2D eigenvalue weighted by Gasteiger charge is 2.16. The Morgan fingerprint density at radius 1 is 1.33 bits per heavy atom. The van der Waals surface area contributed by atoms with E-state index in [0.29, 0.717) is 5.82 Å². The number of hydrogen-bond donors (Lipinski definition) is 1. The van der Waals surface area contributed by atoms with Gasteiger partial charge in [0.05, 0.1) is 0 Å². The summed E-state index contributed by atoms with van der Waals surface area (Å²) in [6, 6.07) is 7.21. The van der Waals surface area contributed by atoms with Gasteiger partial charge in [-0.15, -0.1) is 0 Å². The van der Waals surface area contributed by atoms with Gasteiger partial charge in [0.15, 0.2) is 11.4 Å². The summed E-state index contributed by atoms with van der Waals surface area (Å²) in [7, 11) is 0. The van der Waals surface area contributed by atoms with Crippen LogP contribution in [0.5, 0.6) is 0 Å². The van der Waals surface area contributed by atoms with Crippen LogP contribution in [0.2, 0.25) is 0 Å². The third kappa shape index (κ3) is 1.81. The fourth-order valence-corrected chi connectivity index (χ4v) is 1.66. The van der Waals surface area contributed by atoms with Gasteiger partial charge in [0, 0.05) is 17.8 Å². The molecule has 0 fully saturated rings. The maximum Gasteiger partial charge on any atom is 0.177 e.